The van der Waals surface area contributed by atoms with Gasteiger partial charge < -0.3 is 10.2 Å². The standard InChI is InChI=1S/C19H20N6O3S/c1-19(2,3)13-10-22-15(28-13)7-5-12-9-23-18(29-12)25-17(27)24-14-6-4-11(8-21-14)16(20)26/h4-10H,1-3H3,(H2,20,26)(H2,21,23,24,25,27). The molecule has 0 atom stereocenters. The number of hydrogen-bond donors (Lipinski definition) is 3. The normalized spacial score (nSPS) is 11.6. The van der Waals surface area contributed by atoms with Crippen molar-refractivity contribution < 1.29 is 14.0 Å². The second kappa shape index (κ2) is 8.23. The van der Waals surface area contributed by atoms with Gasteiger partial charge in [-0.15, -0.1) is 0 Å². The highest BCUT2D eigenvalue weighted by molar-refractivity contribution is 7.16. The molecule has 29 heavy (non-hydrogen) atoms. The minimum atomic E-state index is -0.587. The molecule has 10 heteroatoms. The van der Waals surface area contributed by atoms with Gasteiger partial charge in [0, 0.05) is 28.8 Å². The summed E-state index contributed by atoms with van der Waals surface area (Å²) in [5.41, 5.74) is 5.30. The van der Waals surface area contributed by atoms with Crippen LogP contribution in [-0.2, 0) is 5.41 Å². The SMILES string of the molecule is CC(C)(C)c1cnc(C=Cc2cnc(NC(=O)Nc3ccc(C(N)=O)cn3)s2)o1. The number of urea groups is 1. The van der Waals surface area contributed by atoms with Gasteiger partial charge in [0.1, 0.15) is 11.6 Å². The van der Waals surface area contributed by atoms with E-state index in [4.69, 9.17) is 10.2 Å². The van der Waals surface area contributed by atoms with Crippen LogP contribution in [-0.4, -0.2) is 26.9 Å². The molecule has 0 aliphatic carbocycles. The number of primary amides is 1. The number of amides is 3. The number of nitrogens with zero attached hydrogens (tertiary/aromatic N) is 3. The Hall–Kier alpha value is -3.53. The Morgan fingerprint density at radius 1 is 1.07 bits per heavy atom. The van der Waals surface area contributed by atoms with Gasteiger partial charge in [-0.25, -0.2) is 19.7 Å². The Morgan fingerprint density at radius 3 is 2.48 bits per heavy atom. The van der Waals surface area contributed by atoms with Crippen LogP contribution in [0.5, 0.6) is 0 Å². The Labute approximate surface area is 171 Å². The second-order valence-corrected chi connectivity index (χ2v) is 8.15. The van der Waals surface area contributed by atoms with Crippen LogP contribution >= 0.6 is 11.3 Å². The van der Waals surface area contributed by atoms with E-state index in [2.05, 4.69) is 46.4 Å². The number of hydrogen-bond acceptors (Lipinski definition) is 7. The summed E-state index contributed by atoms with van der Waals surface area (Å²) in [6.45, 7) is 6.15. The average Bonchev–Trinajstić information content (AvgIpc) is 3.29. The van der Waals surface area contributed by atoms with Crippen LogP contribution in [0.4, 0.5) is 15.7 Å². The highest BCUT2D eigenvalue weighted by Gasteiger charge is 2.18. The number of nitrogens with one attached hydrogen (secondary N) is 2. The highest BCUT2D eigenvalue weighted by Crippen LogP contribution is 2.24. The fraction of sp³-hybridized carbons (Fsp3) is 0.211. The van der Waals surface area contributed by atoms with E-state index in [1.807, 2.05) is 6.08 Å². The Kier molecular flexibility index (Phi) is 5.74. The third-order valence-corrected chi connectivity index (χ3v) is 4.56. The second-order valence-electron chi connectivity index (χ2n) is 7.09. The van der Waals surface area contributed by atoms with Crippen molar-refractivity contribution in [3.05, 3.63) is 52.8 Å². The van der Waals surface area contributed by atoms with Crippen molar-refractivity contribution in [2.45, 2.75) is 26.2 Å². The van der Waals surface area contributed by atoms with Crippen LogP contribution in [0, 0.1) is 0 Å². The molecule has 0 saturated heterocycles. The molecule has 3 heterocycles. The van der Waals surface area contributed by atoms with Crippen molar-refractivity contribution in [2.75, 3.05) is 10.6 Å². The molecule has 0 radical (unpaired) electrons. The molecule has 150 valence electrons. The summed E-state index contributed by atoms with van der Waals surface area (Å²) in [6.07, 6.45) is 8.19. The van der Waals surface area contributed by atoms with Crippen LogP contribution in [0.1, 0.15) is 47.7 Å². The number of carbonyl (C=O) groups is 2. The summed E-state index contributed by atoms with van der Waals surface area (Å²) in [6, 6.07) is 2.46. The van der Waals surface area contributed by atoms with Gasteiger partial charge in [0.2, 0.25) is 11.8 Å². The Bertz CT molecular complexity index is 1050. The predicted molar refractivity (Wildman–Crippen MR) is 112 cm³/mol. The first-order chi connectivity index (χ1) is 13.7. The maximum Gasteiger partial charge on any atom is 0.326 e. The molecule has 3 aromatic heterocycles. The molecular formula is C19H20N6O3S. The molecular weight excluding hydrogens is 392 g/mol. The molecule has 9 nitrogen and oxygen atoms in total. The van der Waals surface area contributed by atoms with Crippen LogP contribution in [0.3, 0.4) is 0 Å². The predicted octanol–water partition coefficient (Wildman–Crippen LogP) is 3.74. The molecule has 3 aromatic rings. The summed E-state index contributed by atoms with van der Waals surface area (Å²) < 4.78 is 5.70. The van der Waals surface area contributed by atoms with E-state index in [0.717, 1.165) is 10.6 Å². The van der Waals surface area contributed by atoms with Crippen LogP contribution in [0.25, 0.3) is 12.2 Å². The van der Waals surface area contributed by atoms with E-state index in [1.165, 1.54) is 29.7 Å². The molecule has 0 aliphatic rings. The molecule has 0 aromatic carbocycles. The number of pyridine rings is 1. The zero-order valence-corrected chi connectivity index (χ0v) is 16.9. The lowest BCUT2D eigenvalue weighted by Gasteiger charge is -2.12. The first-order valence-corrected chi connectivity index (χ1v) is 9.46. The summed E-state index contributed by atoms with van der Waals surface area (Å²) in [7, 11) is 0. The number of carbonyl (C=O) groups excluding carboxylic acids is 2. The molecule has 0 unspecified atom stereocenters. The molecule has 3 amide bonds. The van der Waals surface area contributed by atoms with E-state index in [-0.39, 0.29) is 16.8 Å². The Morgan fingerprint density at radius 2 is 1.86 bits per heavy atom. The highest BCUT2D eigenvalue weighted by atomic mass is 32.1. The van der Waals surface area contributed by atoms with Gasteiger partial charge in [0.05, 0.1) is 11.8 Å². The van der Waals surface area contributed by atoms with Gasteiger partial charge in [-0.2, -0.15) is 0 Å². The van der Waals surface area contributed by atoms with Gasteiger partial charge in [-0.05, 0) is 18.2 Å². The number of anilines is 2. The molecule has 0 aliphatic heterocycles. The number of aromatic nitrogens is 3. The maximum atomic E-state index is 12.1. The van der Waals surface area contributed by atoms with Gasteiger partial charge in [-0.3, -0.25) is 15.4 Å². The zero-order chi connectivity index (χ0) is 21.0. The van der Waals surface area contributed by atoms with Crippen molar-refractivity contribution in [1.82, 2.24) is 15.0 Å². The lowest BCUT2D eigenvalue weighted by Crippen LogP contribution is -2.20. The summed E-state index contributed by atoms with van der Waals surface area (Å²) in [4.78, 5) is 36.2. The average molecular weight is 412 g/mol. The maximum absolute atomic E-state index is 12.1. The van der Waals surface area contributed by atoms with Crippen molar-refractivity contribution in [2.24, 2.45) is 5.73 Å². The van der Waals surface area contributed by atoms with E-state index < -0.39 is 11.9 Å². The molecule has 0 saturated carbocycles. The van der Waals surface area contributed by atoms with E-state index >= 15 is 0 Å². The fourth-order valence-corrected chi connectivity index (χ4v) is 2.86. The fourth-order valence-electron chi connectivity index (χ4n) is 2.14. The topological polar surface area (TPSA) is 136 Å². The van der Waals surface area contributed by atoms with Crippen molar-refractivity contribution in [1.29, 1.82) is 0 Å². The van der Waals surface area contributed by atoms with Crippen LogP contribution in [0.2, 0.25) is 0 Å². The lowest BCUT2D eigenvalue weighted by molar-refractivity contribution is 0.1000. The molecule has 4 N–H and O–H groups in total. The van der Waals surface area contributed by atoms with Crippen molar-refractivity contribution >= 4 is 46.4 Å². The number of thiazole rings is 1. The third kappa shape index (κ3) is 5.48. The first-order valence-electron chi connectivity index (χ1n) is 8.65. The zero-order valence-electron chi connectivity index (χ0n) is 16.1. The lowest BCUT2D eigenvalue weighted by atomic mass is 9.94. The van der Waals surface area contributed by atoms with Crippen molar-refractivity contribution in [3.8, 4) is 0 Å². The summed E-state index contributed by atoms with van der Waals surface area (Å²) >= 11 is 1.29. The minimum Gasteiger partial charge on any atom is -0.441 e. The van der Waals surface area contributed by atoms with E-state index in [1.54, 1.807) is 18.5 Å². The smallest absolute Gasteiger partial charge is 0.326 e. The van der Waals surface area contributed by atoms with E-state index in [0.29, 0.717) is 11.0 Å². The third-order valence-electron chi connectivity index (χ3n) is 3.69. The van der Waals surface area contributed by atoms with Gasteiger partial charge in [-0.1, -0.05) is 32.1 Å². The number of rotatable bonds is 5. The largest absolute Gasteiger partial charge is 0.441 e. The molecule has 0 fully saturated rings. The summed E-state index contributed by atoms with van der Waals surface area (Å²) in [5, 5.41) is 5.59. The quantitative estimate of drug-likeness (QED) is 0.584. The van der Waals surface area contributed by atoms with Gasteiger partial charge in [0.25, 0.3) is 0 Å². The van der Waals surface area contributed by atoms with Gasteiger partial charge in [0.15, 0.2) is 5.13 Å². The van der Waals surface area contributed by atoms with Gasteiger partial charge >= 0.3 is 6.03 Å². The molecule has 0 spiro atoms. The number of nitrogens with two attached hydrogens (primary N) is 1. The minimum absolute atomic E-state index is 0.108. The molecule has 3 rings (SSSR count). The van der Waals surface area contributed by atoms with Crippen LogP contribution < -0.4 is 16.4 Å². The summed E-state index contributed by atoms with van der Waals surface area (Å²) in [5.74, 6) is 0.998. The number of oxazole rings is 1. The molecule has 0 bridgehead atoms. The monoisotopic (exact) mass is 412 g/mol. The van der Waals surface area contributed by atoms with Crippen molar-refractivity contribution in [3.63, 3.8) is 0 Å². The first kappa shape index (κ1) is 20.2. The van der Waals surface area contributed by atoms with E-state index in [9.17, 15) is 9.59 Å². The van der Waals surface area contributed by atoms with Crippen LogP contribution in [0.15, 0.2) is 35.1 Å². The Balaban J connectivity index is 1.57.